The van der Waals surface area contributed by atoms with Crippen LogP contribution in [0.25, 0.3) is 67.9 Å². The molecule has 8 N–H and O–H groups in total. The number of para-hydroxylation sites is 4. The van der Waals surface area contributed by atoms with Gasteiger partial charge in [0.2, 0.25) is 0 Å². The van der Waals surface area contributed by atoms with Gasteiger partial charge in [-0.2, -0.15) is 0 Å². The van der Waals surface area contributed by atoms with E-state index >= 15 is 35.1 Å². The molecule has 5 fully saturated rings. The van der Waals surface area contributed by atoms with Gasteiger partial charge in [0.05, 0.1) is 69.9 Å². The Morgan fingerprint density at radius 2 is 0.773 bits per heavy atom. The first-order valence-corrected chi connectivity index (χ1v) is 44.1. The number of nitrogens with one attached hydrogen (secondary N) is 4. The van der Waals surface area contributed by atoms with E-state index in [-0.39, 0.29) is 86.6 Å². The zero-order valence-corrected chi connectivity index (χ0v) is 72.2. The lowest BCUT2D eigenvalue weighted by atomic mass is 9.82. The number of nitrogens with zero attached hydrogens (tertiary/aromatic N) is 4. The first kappa shape index (κ1) is 90.3. The number of aromatic nitrogens is 4. The number of aliphatic carboxylic acids is 4. The van der Waals surface area contributed by atoms with Gasteiger partial charge in [-0.1, -0.05) is 79.7 Å². The Morgan fingerprint density at radius 3 is 1.12 bits per heavy atom. The Labute approximate surface area is 751 Å². The minimum Gasteiger partial charge on any atom is -0.478 e. The molecule has 20 nitrogen and oxygen atoms in total. The minimum absolute atomic E-state index is 0.00755. The molecule has 132 heavy (non-hydrogen) atoms. The number of benzene rings is 8. The van der Waals surface area contributed by atoms with Crippen LogP contribution in [-0.2, 0) is 63.8 Å². The van der Waals surface area contributed by atoms with Crippen LogP contribution in [0.1, 0.15) is 160 Å². The van der Waals surface area contributed by atoms with Crippen molar-refractivity contribution >= 4 is 91.8 Å². The summed E-state index contributed by atoms with van der Waals surface area (Å²) in [7, 11) is 0. The highest BCUT2D eigenvalue weighted by molar-refractivity contribution is 5.91. The average molecular weight is 1820 g/mol. The number of halogens is 10. The van der Waals surface area contributed by atoms with Crippen molar-refractivity contribution in [3.05, 3.63) is 306 Å². The molecule has 1 aliphatic carbocycles. The van der Waals surface area contributed by atoms with Crippen LogP contribution >= 0.6 is 0 Å². The number of fused-ring (bicyclic) bond motifs is 12. The van der Waals surface area contributed by atoms with Gasteiger partial charge in [0.25, 0.3) is 6.43 Å². The molecule has 4 aromatic heterocycles. The second kappa shape index (κ2) is 37.1. The van der Waals surface area contributed by atoms with E-state index in [1.54, 1.807) is 18.2 Å². The molecule has 9 aliphatic rings. The summed E-state index contributed by atoms with van der Waals surface area (Å²) in [6.45, 7) is 12.0. The maximum Gasteiger partial charge on any atom is 0.328 e. The topological polar surface area (TPSA) is 262 Å². The predicted octanol–water partition coefficient (Wildman–Crippen LogP) is 19.2. The summed E-state index contributed by atoms with van der Waals surface area (Å²) in [6, 6.07) is 35.9. The van der Waals surface area contributed by atoms with Gasteiger partial charge in [-0.3, -0.25) is 19.6 Å². The number of H-pyrrole nitrogens is 4. The van der Waals surface area contributed by atoms with Crippen LogP contribution in [0.5, 0.6) is 0 Å². The number of ether oxygens (including phenoxy) is 4. The fourth-order valence-electron chi connectivity index (χ4n) is 21.1. The molecule has 0 amide bonds. The highest BCUT2D eigenvalue weighted by Gasteiger charge is 2.59. The number of rotatable bonds is 19. The van der Waals surface area contributed by atoms with Gasteiger partial charge >= 0.3 is 23.9 Å². The minimum atomic E-state index is -2.74. The van der Waals surface area contributed by atoms with Crippen molar-refractivity contribution in [2.75, 3.05) is 65.9 Å². The monoisotopic (exact) mass is 1810 g/mol. The molecule has 30 heteroatoms. The van der Waals surface area contributed by atoms with E-state index < -0.39 is 113 Å². The molecule has 1 saturated carbocycles. The normalized spacial score (nSPS) is 22.9. The number of aromatic amines is 4. The van der Waals surface area contributed by atoms with Crippen LogP contribution in [0.3, 0.4) is 0 Å². The number of carboxylic acid groups (broad SMARTS) is 4. The van der Waals surface area contributed by atoms with E-state index in [9.17, 15) is 28.0 Å². The van der Waals surface area contributed by atoms with Crippen LogP contribution in [-0.4, -0.2) is 192 Å². The van der Waals surface area contributed by atoms with E-state index in [0.717, 1.165) is 153 Å². The molecule has 4 saturated heterocycles. The predicted molar refractivity (Wildman–Crippen MR) is 477 cm³/mol. The largest absolute Gasteiger partial charge is 0.478 e. The highest BCUT2D eigenvalue weighted by atomic mass is 19.3. The van der Waals surface area contributed by atoms with Gasteiger partial charge in [-0.25, -0.2) is 63.1 Å². The van der Waals surface area contributed by atoms with Crippen molar-refractivity contribution in [3.8, 4) is 0 Å². The molecule has 12 aromatic rings. The van der Waals surface area contributed by atoms with Gasteiger partial charge in [0, 0.05) is 180 Å². The summed E-state index contributed by atoms with van der Waals surface area (Å²) in [4.78, 5) is 65.0. The van der Waals surface area contributed by atoms with E-state index in [1.807, 2.05) is 72.8 Å². The van der Waals surface area contributed by atoms with Crippen LogP contribution in [0.2, 0.25) is 0 Å². The summed E-state index contributed by atoms with van der Waals surface area (Å²) < 4.78 is 175. The Bertz CT molecular complexity index is 6500. The van der Waals surface area contributed by atoms with Crippen LogP contribution in [0.15, 0.2) is 170 Å². The molecule has 8 aromatic carbocycles. The van der Waals surface area contributed by atoms with Gasteiger partial charge in [-0.15, -0.1) is 0 Å². The third-order valence-electron chi connectivity index (χ3n) is 27.3. The third kappa shape index (κ3) is 17.7. The van der Waals surface area contributed by atoms with Crippen molar-refractivity contribution in [2.24, 2.45) is 11.3 Å². The fraction of sp³-hybridized carbons (Fsp3) is 0.333. The fourth-order valence-corrected chi connectivity index (χ4v) is 21.1. The zero-order valence-electron chi connectivity index (χ0n) is 72.2. The summed E-state index contributed by atoms with van der Waals surface area (Å²) in [5, 5.41) is 39.4. The number of alkyl halides is 2. The molecule has 9 unspecified atom stereocenters. The molecular formula is C102H96F10N8O12. The standard InChI is InChI=1S/C26H24F2N2O3.C26H26F2N2O3.C25H22F4N2O3.C25H24F2N2O3/c27-19-11-15(5-6-22(31)32)12-20(28)23(19)25-24-18(17-3-1-2-4-21(17)29-24)13-26(8-9-26)30(25)16-7-10-33-14-16;1-15-9-18-17-5-3-4-6-21(17)29-24(18)25(30(15)12-26(2)13-33-14-26)23-19(27)10-16(11-20(23)28)7-8-22(31)32;26-17-9-13(5-6-21(32)33)10-18(27)22(17)24-23-16(15-3-1-2-4-19(15)30-23)11-20(25(28)29)31(24)14-7-8-34-12-14;1-14-8-18-17-4-2-3-5-21(17)28-24(18)25(29(14)11-16-12-32-13-16)23-19(26)9-15(10-20(23)27)6-7-22(30)31/h1-6,11-12,16,25,29H,7-10,13-14H2,(H,31,32);3-8,10-11,15,25,29H,9,12-14H2,1-2H3,(H,31,32);1-6,9-10,14,20,24-25,30H,7-8,11-12H2,(H,32,33);2-7,9-10,14,16,25,28H,8,11-13H2,1H3,(H,30,31)/b6-5+;8-7+;6-5+;7-6+. The van der Waals surface area contributed by atoms with Gasteiger partial charge in [0.1, 0.15) is 46.5 Å². The Kier molecular flexibility index (Phi) is 25.4. The first-order chi connectivity index (χ1) is 63.5. The van der Waals surface area contributed by atoms with E-state index in [4.69, 9.17) is 39.4 Å². The third-order valence-corrected chi connectivity index (χ3v) is 27.3. The molecule has 0 radical (unpaired) electrons. The Morgan fingerprint density at radius 1 is 0.432 bits per heavy atom. The lowest BCUT2D eigenvalue weighted by Crippen LogP contribution is -2.54. The lowest BCUT2D eigenvalue weighted by Gasteiger charge is -2.48. The molecule has 9 atom stereocenters. The number of hydrogen-bond acceptors (Lipinski definition) is 12. The summed E-state index contributed by atoms with van der Waals surface area (Å²) in [5.74, 6) is -10.4. The van der Waals surface area contributed by atoms with Crippen LogP contribution in [0.4, 0.5) is 43.9 Å². The first-order valence-electron chi connectivity index (χ1n) is 44.1. The van der Waals surface area contributed by atoms with E-state index in [1.165, 1.54) is 59.5 Å². The molecule has 1 spiro atoms. The maximum atomic E-state index is 15.6. The zero-order chi connectivity index (χ0) is 92.5. The van der Waals surface area contributed by atoms with Gasteiger partial charge in [-0.05, 0) is 207 Å². The average Bonchev–Trinajstić information content (AvgIpc) is 1.53. The van der Waals surface area contributed by atoms with Crippen LogP contribution in [0, 0.1) is 57.9 Å². The molecular weight excluding hydrogens is 1720 g/mol. The summed E-state index contributed by atoms with van der Waals surface area (Å²) in [6.07, 6.45) is 11.1. The highest BCUT2D eigenvalue weighted by Crippen LogP contribution is 2.58. The number of carbonyl (C=O) groups is 4. The van der Waals surface area contributed by atoms with E-state index in [0.29, 0.717) is 88.5 Å². The second-order valence-electron chi connectivity index (χ2n) is 36.2. The maximum absolute atomic E-state index is 15.6. The lowest BCUT2D eigenvalue weighted by molar-refractivity contribution is -0.132. The Balaban J connectivity index is 0.000000118. The van der Waals surface area contributed by atoms with Crippen LogP contribution < -0.4 is 0 Å². The van der Waals surface area contributed by atoms with Crippen molar-refractivity contribution in [3.63, 3.8) is 0 Å². The molecule has 8 aliphatic heterocycles. The van der Waals surface area contributed by atoms with Crippen molar-refractivity contribution in [2.45, 2.75) is 138 Å². The van der Waals surface area contributed by atoms with Crippen molar-refractivity contribution in [1.82, 2.24) is 39.5 Å². The smallest absolute Gasteiger partial charge is 0.328 e. The summed E-state index contributed by atoms with van der Waals surface area (Å²) in [5.41, 5.74) is 10.4. The van der Waals surface area contributed by atoms with Gasteiger partial charge < -0.3 is 59.3 Å². The number of hydrogen-bond donors (Lipinski definition) is 8. The van der Waals surface area contributed by atoms with E-state index in [2.05, 4.69) is 61.5 Å². The Hall–Kier alpha value is -12.3. The molecule has 0 bridgehead atoms. The SMILES string of the molecule is CC1Cc2c([nH]c3ccccc23)C(c2c(F)cc(/C=C/C(=O)O)cc2F)N1CC1(C)COC1.CC1Cc2c([nH]c3ccccc23)C(c2c(F)cc(/C=C/C(=O)O)cc2F)N1CC1COC1.O=C(O)/C=C/c1cc(F)c(C2c3[nH]c4ccccc4c3CC(C(F)F)N2C2CCOC2)c(F)c1.O=C(O)/C=C/c1cc(F)c(C2c3[nH]c4ccccc4c3CC3(CC3)N2C2CCOC2)c(F)c1. The van der Waals surface area contributed by atoms with Crippen molar-refractivity contribution < 1.29 is 102 Å². The van der Waals surface area contributed by atoms with Crippen molar-refractivity contribution in [1.29, 1.82) is 0 Å². The summed E-state index contributed by atoms with van der Waals surface area (Å²) >= 11 is 0. The number of carboxylic acids is 4. The molecule has 686 valence electrons. The quantitative estimate of drug-likeness (QED) is 0.0276. The second-order valence-corrected chi connectivity index (χ2v) is 36.2. The van der Waals surface area contributed by atoms with Gasteiger partial charge in [0.15, 0.2) is 0 Å². The molecule has 12 heterocycles. The molecule has 21 rings (SSSR count).